The van der Waals surface area contributed by atoms with Crippen molar-refractivity contribution in [1.29, 1.82) is 0 Å². The van der Waals surface area contributed by atoms with Crippen molar-refractivity contribution in [1.82, 2.24) is 5.32 Å². The summed E-state index contributed by atoms with van der Waals surface area (Å²) >= 11 is 0. The second-order valence-electron chi connectivity index (χ2n) is 6.01. The molecule has 0 spiro atoms. The van der Waals surface area contributed by atoms with E-state index in [1.807, 2.05) is 60.7 Å². The SMILES string of the molecule is C=CC[C@H](NCc1ccccc1)[C@H](OCc1ccccc1)[C@@H](O)CO. The largest absolute Gasteiger partial charge is 0.394 e. The van der Waals surface area contributed by atoms with E-state index in [-0.39, 0.29) is 12.6 Å². The third kappa shape index (κ3) is 6.44. The molecule has 2 aromatic rings. The molecular formula is C21H27NO3. The molecular weight excluding hydrogens is 314 g/mol. The molecule has 0 saturated heterocycles. The van der Waals surface area contributed by atoms with Crippen LogP contribution in [0.5, 0.6) is 0 Å². The van der Waals surface area contributed by atoms with Crippen molar-refractivity contribution in [2.45, 2.75) is 37.8 Å². The zero-order chi connectivity index (χ0) is 17.9. The smallest absolute Gasteiger partial charge is 0.105 e. The maximum atomic E-state index is 10.2. The quantitative estimate of drug-likeness (QED) is 0.550. The van der Waals surface area contributed by atoms with Gasteiger partial charge in [-0.25, -0.2) is 0 Å². The lowest BCUT2D eigenvalue weighted by molar-refractivity contribution is -0.0812. The van der Waals surface area contributed by atoms with Gasteiger partial charge in [0.05, 0.1) is 13.2 Å². The summed E-state index contributed by atoms with van der Waals surface area (Å²) in [5.41, 5.74) is 2.18. The molecule has 2 aromatic carbocycles. The highest BCUT2D eigenvalue weighted by Crippen LogP contribution is 2.14. The first-order valence-corrected chi connectivity index (χ1v) is 8.57. The summed E-state index contributed by atoms with van der Waals surface area (Å²) in [7, 11) is 0. The number of hydrogen-bond acceptors (Lipinski definition) is 4. The average molecular weight is 341 g/mol. The Morgan fingerprint density at radius 1 is 1.00 bits per heavy atom. The summed E-state index contributed by atoms with van der Waals surface area (Å²) in [5.74, 6) is 0. The fourth-order valence-electron chi connectivity index (χ4n) is 2.72. The molecule has 0 saturated carbocycles. The first-order chi connectivity index (χ1) is 12.2. The van der Waals surface area contributed by atoms with Crippen molar-refractivity contribution in [2.75, 3.05) is 6.61 Å². The Morgan fingerprint density at radius 3 is 2.16 bits per heavy atom. The summed E-state index contributed by atoms with van der Waals surface area (Å²) in [4.78, 5) is 0. The number of hydrogen-bond donors (Lipinski definition) is 3. The van der Waals surface area contributed by atoms with Crippen LogP contribution >= 0.6 is 0 Å². The molecule has 0 heterocycles. The molecule has 0 radical (unpaired) electrons. The maximum Gasteiger partial charge on any atom is 0.105 e. The molecule has 25 heavy (non-hydrogen) atoms. The van der Waals surface area contributed by atoms with E-state index in [0.29, 0.717) is 19.6 Å². The molecule has 3 N–H and O–H groups in total. The summed E-state index contributed by atoms with van der Waals surface area (Å²) in [5, 5.41) is 23.1. The van der Waals surface area contributed by atoms with Gasteiger partial charge in [0, 0.05) is 12.6 Å². The van der Waals surface area contributed by atoms with Gasteiger partial charge >= 0.3 is 0 Å². The fourth-order valence-corrected chi connectivity index (χ4v) is 2.72. The van der Waals surface area contributed by atoms with E-state index in [1.54, 1.807) is 6.08 Å². The molecule has 0 bridgehead atoms. The van der Waals surface area contributed by atoms with Crippen LogP contribution in [0.4, 0.5) is 0 Å². The van der Waals surface area contributed by atoms with Crippen molar-refractivity contribution in [3.8, 4) is 0 Å². The molecule has 0 aromatic heterocycles. The van der Waals surface area contributed by atoms with Gasteiger partial charge in [-0.2, -0.15) is 0 Å². The van der Waals surface area contributed by atoms with Crippen LogP contribution in [0.3, 0.4) is 0 Å². The normalized spacial score (nSPS) is 14.6. The molecule has 0 unspecified atom stereocenters. The van der Waals surface area contributed by atoms with Crippen molar-refractivity contribution in [3.05, 3.63) is 84.4 Å². The monoisotopic (exact) mass is 341 g/mol. The Labute approximate surface area is 149 Å². The van der Waals surface area contributed by atoms with Gasteiger partial charge in [0.1, 0.15) is 12.2 Å². The molecule has 0 amide bonds. The molecule has 0 aliphatic rings. The summed E-state index contributed by atoms with van der Waals surface area (Å²) in [6.45, 7) is 4.49. The Balaban J connectivity index is 2.03. The Bertz CT molecular complexity index is 603. The number of rotatable bonds is 11. The van der Waals surface area contributed by atoms with Crippen molar-refractivity contribution in [3.63, 3.8) is 0 Å². The van der Waals surface area contributed by atoms with Crippen LogP contribution in [0.15, 0.2) is 73.3 Å². The molecule has 3 atom stereocenters. The van der Waals surface area contributed by atoms with Gasteiger partial charge in [0.25, 0.3) is 0 Å². The van der Waals surface area contributed by atoms with Crippen LogP contribution < -0.4 is 5.32 Å². The van der Waals surface area contributed by atoms with E-state index in [1.165, 1.54) is 0 Å². The van der Waals surface area contributed by atoms with Crippen LogP contribution in [0.2, 0.25) is 0 Å². The number of benzene rings is 2. The number of aliphatic hydroxyl groups excluding tert-OH is 2. The third-order valence-corrected chi connectivity index (χ3v) is 4.08. The number of ether oxygens (including phenoxy) is 1. The first-order valence-electron chi connectivity index (χ1n) is 8.57. The van der Waals surface area contributed by atoms with Crippen molar-refractivity contribution >= 4 is 0 Å². The Morgan fingerprint density at radius 2 is 1.60 bits per heavy atom. The van der Waals surface area contributed by atoms with Crippen LogP contribution in [0, 0.1) is 0 Å². The Kier molecular flexibility index (Phi) is 8.35. The van der Waals surface area contributed by atoms with Crippen molar-refractivity contribution in [2.24, 2.45) is 0 Å². The van der Waals surface area contributed by atoms with Gasteiger partial charge in [-0.1, -0.05) is 66.7 Å². The number of aliphatic hydroxyl groups is 2. The lowest BCUT2D eigenvalue weighted by Crippen LogP contribution is -2.48. The van der Waals surface area contributed by atoms with E-state index in [9.17, 15) is 10.2 Å². The molecule has 0 aliphatic carbocycles. The van der Waals surface area contributed by atoms with E-state index < -0.39 is 12.2 Å². The Hall–Kier alpha value is -1.98. The van der Waals surface area contributed by atoms with E-state index in [2.05, 4.69) is 11.9 Å². The van der Waals surface area contributed by atoms with Crippen LogP contribution in [-0.4, -0.2) is 35.1 Å². The van der Waals surface area contributed by atoms with Crippen LogP contribution in [0.25, 0.3) is 0 Å². The summed E-state index contributed by atoms with van der Waals surface area (Å²) in [6.07, 6.45) is 0.929. The summed E-state index contributed by atoms with van der Waals surface area (Å²) in [6, 6.07) is 19.7. The number of nitrogens with one attached hydrogen (secondary N) is 1. The second-order valence-corrected chi connectivity index (χ2v) is 6.01. The lowest BCUT2D eigenvalue weighted by Gasteiger charge is -2.30. The van der Waals surface area contributed by atoms with Gasteiger partial charge in [0.2, 0.25) is 0 Å². The predicted octanol–water partition coefficient (Wildman–Crippen LogP) is 2.66. The highest BCUT2D eigenvalue weighted by atomic mass is 16.5. The standard InChI is InChI=1S/C21H27NO3/c1-2-9-19(22-14-17-10-5-3-6-11-17)21(20(24)15-23)25-16-18-12-7-4-8-13-18/h2-8,10-13,19-24H,1,9,14-16H2/t19-,20-,21-/m0/s1. The van der Waals surface area contributed by atoms with Crippen LogP contribution in [-0.2, 0) is 17.9 Å². The predicted molar refractivity (Wildman–Crippen MR) is 100.0 cm³/mol. The van der Waals surface area contributed by atoms with Gasteiger partial charge in [0.15, 0.2) is 0 Å². The highest BCUT2D eigenvalue weighted by molar-refractivity contribution is 5.15. The second kappa shape index (κ2) is 10.8. The third-order valence-electron chi connectivity index (χ3n) is 4.08. The fraction of sp³-hybridized carbons (Fsp3) is 0.333. The molecule has 0 fully saturated rings. The average Bonchev–Trinajstić information content (AvgIpc) is 2.67. The van der Waals surface area contributed by atoms with E-state index >= 15 is 0 Å². The minimum atomic E-state index is -0.961. The molecule has 4 heteroatoms. The van der Waals surface area contributed by atoms with Gasteiger partial charge in [-0.05, 0) is 17.5 Å². The zero-order valence-corrected chi connectivity index (χ0v) is 14.4. The van der Waals surface area contributed by atoms with Gasteiger partial charge in [-0.3, -0.25) is 0 Å². The lowest BCUT2D eigenvalue weighted by atomic mass is 10.0. The molecule has 2 rings (SSSR count). The van der Waals surface area contributed by atoms with Crippen LogP contribution in [0.1, 0.15) is 17.5 Å². The first kappa shape index (κ1) is 19.3. The molecule has 0 aliphatic heterocycles. The highest BCUT2D eigenvalue weighted by Gasteiger charge is 2.28. The molecule has 4 nitrogen and oxygen atoms in total. The summed E-state index contributed by atoms with van der Waals surface area (Å²) < 4.78 is 5.96. The molecule has 134 valence electrons. The zero-order valence-electron chi connectivity index (χ0n) is 14.4. The van der Waals surface area contributed by atoms with Gasteiger partial charge < -0.3 is 20.3 Å². The van der Waals surface area contributed by atoms with E-state index in [4.69, 9.17) is 4.74 Å². The topological polar surface area (TPSA) is 61.7 Å². The van der Waals surface area contributed by atoms with E-state index in [0.717, 1.165) is 11.1 Å². The maximum absolute atomic E-state index is 10.2. The van der Waals surface area contributed by atoms with Crippen molar-refractivity contribution < 1.29 is 14.9 Å². The minimum absolute atomic E-state index is 0.149. The minimum Gasteiger partial charge on any atom is -0.394 e. The van der Waals surface area contributed by atoms with Gasteiger partial charge in [-0.15, -0.1) is 6.58 Å².